The van der Waals surface area contributed by atoms with Gasteiger partial charge in [0.05, 0.1) is 26.1 Å². The number of ether oxygens (including phenoxy) is 1. The number of hydrogen-bond acceptors (Lipinski definition) is 2. The lowest BCUT2D eigenvalue weighted by Crippen LogP contribution is -2.37. The molecule has 0 aliphatic carbocycles. The molecule has 0 aromatic heterocycles. The third kappa shape index (κ3) is 2.24. The van der Waals surface area contributed by atoms with E-state index in [2.05, 4.69) is 20.9 Å². The van der Waals surface area contributed by atoms with E-state index in [0.29, 0.717) is 0 Å². The molecule has 2 unspecified atom stereocenters. The lowest BCUT2D eigenvalue weighted by atomic mass is 9.83. The fourth-order valence-electron chi connectivity index (χ4n) is 3.11. The Morgan fingerprint density at radius 3 is 2.50 bits per heavy atom. The molecule has 3 heteroatoms. The van der Waals surface area contributed by atoms with E-state index in [-0.39, 0.29) is 16.9 Å². The quantitative estimate of drug-likeness (QED) is 0.410. The molecule has 0 N–H and O–H groups in total. The topological polar surface area (TPSA) is 26.3 Å². The molecule has 0 spiro atoms. The van der Waals surface area contributed by atoms with Crippen LogP contribution in [0.1, 0.15) is 40.5 Å². The summed E-state index contributed by atoms with van der Waals surface area (Å²) in [6.45, 7) is 10.9. The number of methoxy groups -OCH3 is 1. The first kappa shape index (κ1) is 13.5. The molecule has 0 amide bonds. The van der Waals surface area contributed by atoms with Crippen LogP contribution in [0.15, 0.2) is 0 Å². The summed E-state index contributed by atoms with van der Waals surface area (Å²) >= 11 is 0. The number of quaternary nitrogens is 1. The summed E-state index contributed by atoms with van der Waals surface area (Å²) in [7, 11) is 3.76. The van der Waals surface area contributed by atoms with Gasteiger partial charge in [-0.1, -0.05) is 6.92 Å². The van der Waals surface area contributed by atoms with Crippen LogP contribution in [-0.4, -0.2) is 43.2 Å². The minimum absolute atomic E-state index is 0.0938. The summed E-state index contributed by atoms with van der Waals surface area (Å²) < 4.78 is 5.97. The molecular formula is C13H26NO2+. The highest BCUT2D eigenvalue weighted by Crippen LogP contribution is 2.48. The average molecular weight is 228 g/mol. The molecule has 0 aromatic carbocycles. The van der Waals surface area contributed by atoms with Crippen molar-refractivity contribution in [3.05, 3.63) is 0 Å². The highest BCUT2D eigenvalue weighted by Gasteiger charge is 2.64. The van der Waals surface area contributed by atoms with Crippen molar-refractivity contribution in [1.29, 1.82) is 0 Å². The average Bonchev–Trinajstić information content (AvgIpc) is 2.65. The lowest BCUT2D eigenvalue weighted by Gasteiger charge is -2.27. The van der Waals surface area contributed by atoms with Gasteiger partial charge in [0.15, 0.2) is 0 Å². The zero-order chi connectivity index (χ0) is 12.6. The third-order valence-electron chi connectivity index (χ3n) is 4.17. The Hall–Kier alpha value is -0.570. The molecule has 0 bridgehead atoms. The van der Waals surface area contributed by atoms with Crippen LogP contribution >= 0.6 is 0 Å². The van der Waals surface area contributed by atoms with Gasteiger partial charge >= 0.3 is 5.97 Å². The highest BCUT2D eigenvalue weighted by atomic mass is 16.5. The second-order valence-corrected chi connectivity index (χ2v) is 6.33. The lowest BCUT2D eigenvalue weighted by molar-refractivity contribution is -0.808. The molecule has 0 saturated carbocycles. The van der Waals surface area contributed by atoms with Crippen molar-refractivity contribution in [3.8, 4) is 0 Å². The van der Waals surface area contributed by atoms with Gasteiger partial charge in [0.25, 0.3) is 0 Å². The van der Waals surface area contributed by atoms with Gasteiger partial charge in [-0.05, 0) is 27.2 Å². The van der Waals surface area contributed by atoms with Crippen molar-refractivity contribution < 1.29 is 14.0 Å². The van der Waals surface area contributed by atoms with Crippen molar-refractivity contribution in [2.24, 2.45) is 5.41 Å². The molecule has 2 atom stereocenters. The van der Waals surface area contributed by atoms with Crippen LogP contribution in [0.5, 0.6) is 0 Å². The molecule has 1 aliphatic rings. The zero-order valence-electron chi connectivity index (χ0n) is 11.6. The fraction of sp³-hybridized carbons (Fsp3) is 0.923. The molecule has 1 rings (SSSR count). The maximum absolute atomic E-state index is 11.7. The van der Waals surface area contributed by atoms with E-state index < -0.39 is 0 Å². The highest BCUT2D eigenvalue weighted by molar-refractivity contribution is 5.75. The van der Waals surface area contributed by atoms with Crippen LogP contribution in [0.25, 0.3) is 0 Å². The molecule has 1 fully saturated rings. The molecule has 3 nitrogen and oxygen atoms in total. The second-order valence-electron chi connectivity index (χ2n) is 6.33. The molecule has 1 saturated heterocycles. The van der Waals surface area contributed by atoms with Crippen LogP contribution in [0.4, 0.5) is 0 Å². The maximum atomic E-state index is 11.7. The van der Waals surface area contributed by atoms with E-state index in [1.165, 1.54) is 26.6 Å². The summed E-state index contributed by atoms with van der Waals surface area (Å²) in [6, 6.07) is 0. The zero-order valence-corrected chi connectivity index (χ0v) is 11.6. The van der Waals surface area contributed by atoms with Crippen molar-refractivity contribution >= 4 is 5.97 Å². The van der Waals surface area contributed by atoms with Crippen LogP contribution in [0.2, 0.25) is 0 Å². The molecule has 1 aliphatic heterocycles. The predicted octanol–water partition coefficient (Wildman–Crippen LogP) is 2.20. The Labute approximate surface area is 99.4 Å². The largest absolute Gasteiger partial charge is 0.469 e. The fourth-order valence-corrected chi connectivity index (χ4v) is 3.11. The van der Waals surface area contributed by atoms with Gasteiger partial charge < -0.3 is 9.22 Å². The Morgan fingerprint density at radius 1 is 1.50 bits per heavy atom. The summed E-state index contributed by atoms with van der Waals surface area (Å²) in [6.07, 6.45) is 2.11. The molecule has 0 radical (unpaired) electrons. The number of rotatable bonds is 5. The van der Waals surface area contributed by atoms with Crippen molar-refractivity contribution in [2.75, 3.05) is 27.2 Å². The Bertz CT molecular complexity index is 288. The van der Waals surface area contributed by atoms with Gasteiger partial charge in [-0.15, -0.1) is 0 Å². The van der Waals surface area contributed by atoms with Crippen LogP contribution in [0, 0.1) is 5.41 Å². The smallest absolute Gasteiger partial charge is 0.311 e. The number of carbonyl (C=O) groups excluding carboxylic acids is 1. The summed E-state index contributed by atoms with van der Waals surface area (Å²) in [5, 5.41) is 0. The van der Waals surface area contributed by atoms with Gasteiger partial charge in [0.2, 0.25) is 0 Å². The van der Waals surface area contributed by atoms with E-state index in [1.807, 2.05) is 13.8 Å². The van der Waals surface area contributed by atoms with Crippen LogP contribution in [-0.2, 0) is 9.53 Å². The Kier molecular flexibility index (Phi) is 3.39. The first-order valence-corrected chi connectivity index (χ1v) is 6.14. The van der Waals surface area contributed by atoms with Crippen molar-refractivity contribution in [2.45, 2.75) is 46.1 Å². The molecule has 16 heavy (non-hydrogen) atoms. The van der Waals surface area contributed by atoms with Gasteiger partial charge in [0.1, 0.15) is 12.1 Å². The Balaban J connectivity index is 2.66. The first-order chi connectivity index (χ1) is 7.21. The minimum Gasteiger partial charge on any atom is -0.469 e. The van der Waals surface area contributed by atoms with E-state index in [0.717, 1.165) is 10.9 Å². The number of carbonyl (C=O) groups is 1. The first-order valence-electron chi connectivity index (χ1n) is 6.14. The number of hydrogen-bond donors (Lipinski definition) is 0. The van der Waals surface area contributed by atoms with Gasteiger partial charge in [-0.25, -0.2) is 0 Å². The van der Waals surface area contributed by atoms with Gasteiger partial charge in [-0.2, -0.15) is 0 Å². The van der Waals surface area contributed by atoms with Crippen molar-refractivity contribution in [1.82, 2.24) is 0 Å². The molecule has 94 valence electrons. The van der Waals surface area contributed by atoms with Crippen LogP contribution < -0.4 is 0 Å². The van der Waals surface area contributed by atoms with E-state index in [4.69, 9.17) is 4.74 Å². The number of nitrogens with zero attached hydrogens (tertiary/aromatic N) is 1. The maximum Gasteiger partial charge on any atom is 0.311 e. The predicted molar refractivity (Wildman–Crippen MR) is 65.0 cm³/mol. The summed E-state index contributed by atoms with van der Waals surface area (Å²) in [4.78, 5) is 11.7. The van der Waals surface area contributed by atoms with E-state index >= 15 is 0 Å². The molecular weight excluding hydrogens is 202 g/mol. The number of likely N-dealkylation sites (N-methyl/N-ethyl adjacent to an activating group) is 1. The standard InChI is InChI=1S/C13H26NO2/c1-7-8-14(5)10-13(14,4)9-12(2,3)11(15)16-6/h7-10H2,1-6H3/q+1. The van der Waals surface area contributed by atoms with Gasteiger partial charge in [-0.3, -0.25) is 4.79 Å². The molecule has 1 heterocycles. The number of esters is 1. The second kappa shape index (κ2) is 4.02. The van der Waals surface area contributed by atoms with Crippen molar-refractivity contribution in [3.63, 3.8) is 0 Å². The monoisotopic (exact) mass is 228 g/mol. The summed E-state index contributed by atoms with van der Waals surface area (Å²) in [5.41, 5.74) is -0.110. The van der Waals surface area contributed by atoms with Gasteiger partial charge in [0, 0.05) is 6.42 Å². The van der Waals surface area contributed by atoms with E-state index in [1.54, 1.807) is 0 Å². The van der Waals surface area contributed by atoms with E-state index in [9.17, 15) is 4.79 Å². The normalized spacial score (nSPS) is 33.6. The SMILES string of the molecule is CCC[N+]1(C)CC1(C)CC(C)(C)C(=O)OC. The third-order valence-corrected chi connectivity index (χ3v) is 4.17. The Morgan fingerprint density at radius 2 is 2.06 bits per heavy atom. The minimum atomic E-state index is -0.368. The molecule has 0 aromatic rings. The summed E-state index contributed by atoms with van der Waals surface area (Å²) in [5.74, 6) is -0.0938. The van der Waals surface area contributed by atoms with Crippen LogP contribution in [0.3, 0.4) is 0 Å².